The van der Waals surface area contributed by atoms with E-state index in [1.165, 1.54) is 0 Å². The predicted molar refractivity (Wildman–Crippen MR) is 49.7 cm³/mol. The van der Waals surface area contributed by atoms with Crippen molar-refractivity contribution in [2.45, 2.75) is 12.3 Å². The Labute approximate surface area is 77.3 Å². The lowest BCUT2D eigenvalue weighted by Gasteiger charge is -2.26. The quantitative estimate of drug-likeness (QED) is 0.561. The molecule has 12 heavy (non-hydrogen) atoms. The summed E-state index contributed by atoms with van der Waals surface area (Å²) in [6, 6.07) is 7.97. The van der Waals surface area contributed by atoms with Gasteiger partial charge in [0.1, 0.15) is 5.75 Å². The molecule has 2 unspecified atom stereocenters. The van der Waals surface area contributed by atoms with Gasteiger partial charge in [-0.3, -0.25) is 0 Å². The fourth-order valence-corrected chi connectivity index (χ4v) is 1.71. The molecule has 64 valence electrons. The fraction of sp³-hybridized carbons (Fsp3) is 0.400. The molecular formula is C10H11ClO. The molecule has 1 nitrogen and oxygen atoms in total. The Kier molecular flexibility index (Phi) is 1.97. The summed E-state index contributed by atoms with van der Waals surface area (Å²) in [4.78, 5) is 0. The van der Waals surface area contributed by atoms with Gasteiger partial charge in [0, 0.05) is 11.5 Å². The van der Waals surface area contributed by atoms with Crippen molar-refractivity contribution >= 4 is 11.6 Å². The summed E-state index contributed by atoms with van der Waals surface area (Å²) in [5.41, 5.74) is 1.12. The predicted octanol–water partition coefficient (Wildman–Crippen LogP) is 3.00. The molecular weight excluding hydrogens is 172 g/mol. The van der Waals surface area contributed by atoms with Crippen molar-refractivity contribution in [2.24, 2.45) is 5.92 Å². The first kappa shape index (κ1) is 7.93. The SMILES string of the molecule is CC1COc2ccccc2C1Cl. The van der Waals surface area contributed by atoms with E-state index < -0.39 is 0 Å². The zero-order valence-electron chi connectivity index (χ0n) is 6.96. The molecule has 0 spiro atoms. The third kappa shape index (κ3) is 1.18. The number of rotatable bonds is 0. The van der Waals surface area contributed by atoms with Crippen LogP contribution in [0.15, 0.2) is 24.3 Å². The van der Waals surface area contributed by atoms with Gasteiger partial charge in [-0.1, -0.05) is 25.1 Å². The minimum atomic E-state index is 0.106. The van der Waals surface area contributed by atoms with E-state index in [-0.39, 0.29) is 5.38 Å². The average Bonchev–Trinajstić information content (AvgIpc) is 2.12. The number of hydrogen-bond acceptors (Lipinski definition) is 1. The number of benzene rings is 1. The van der Waals surface area contributed by atoms with E-state index in [1.54, 1.807) is 0 Å². The Balaban J connectivity index is 2.42. The number of ether oxygens (including phenoxy) is 1. The molecule has 0 bridgehead atoms. The molecule has 0 radical (unpaired) electrons. The molecule has 0 N–H and O–H groups in total. The molecule has 2 rings (SSSR count). The Hall–Kier alpha value is -0.690. The first-order chi connectivity index (χ1) is 5.79. The molecule has 2 heteroatoms. The van der Waals surface area contributed by atoms with E-state index in [9.17, 15) is 0 Å². The molecule has 0 saturated heterocycles. The monoisotopic (exact) mass is 182 g/mol. The van der Waals surface area contributed by atoms with Crippen molar-refractivity contribution in [3.63, 3.8) is 0 Å². The third-order valence-corrected chi connectivity index (χ3v) is 2.88. The second kappa shape index (κ2) is 2.98. The molecule has 1 aromatic rings. The van der Waals surface area contributed by atoms with Crippen LogP contribution in [0.5, 0.6) is 5.75 Å². The standard InChI is InChI=1S/C10H11ClO/c1-7-6-12-9-5-3-2-4-8(9)10(7)11/h2-5,7,10H,6H2,1H3. The summed E-state index contributed by atoms with van der Waals surface area (Å²) in [5.74, 6) is 1.34. The van der Waals surface area contributed by atoms with Crippen LogP contribution in [0.4, 0.5) is 0 Å². The molecule has 0 amide bonds. The Morgan fingerprint density at radius 2 is 2.17 bits per heavy atom. The highest BCUT2D eigenvalue weighted by Gasteiger charge is 2.25. The highest BCUT2D eigenvalue weighted by Crippen LogP contribution is 2.38. The van der Waals surface area contributed by atoms with Crippen LogP contribution in [-0.4, -0.2) is 6.61 Å². The first-order valence-electron chi connectivity index (χ1n) is 4.15. The average molecular weight is 183 g/mol. The minimum absolute atomic E-state index is 0.106. The van der Waals surface area contributed by atoms with Gasteiger partial charge in [-0.2, -0.15) is 0 Å². The third-order valence-electron chi connectivity index (χ3n) is 2.22. The molecule has 0 saturated carbocycles. The zero-order valence-corrected chi connectivity index (χ0v) is 7.71. The molecule has 0 aromatic heterocycles. The molecule has 0 aliphatic carbocycles. The highest BCUT2D eigenvalue weighted by molar-refractivity contribution is 6.21. The molecule has 1 aliphatic rings. The second-order valence-corrected chi connectivity index (χ2v) is 3.70. The van der Waals surface area contributed by atoms with Crippen LogP contribution in [0, 0.1) is 5.92 Å². The lowest BCUT2D eigenvalue weighted by atomic mass is 9.98. The maximum Gasteiger partial charge on any atom is 0.124 e. The van der Waals surface area contributed by atoms with Crippen LogP contribution in [-0.2, 0) is 0 Å². The van der Waals surface area contributed by atoms with E-state index in [1.807, 2.05) is 24.3 Å². The number of fused-ring (bicyclic) bond motifs is 1. The van der Waals surface area contributed by atoms with Crippen molar-refractivity contribution < 1.29 is 4.74 Å². The van der Waals surface area contributed by atoms with Gasteiger partial charge in [-0.25, -0.2) is 0 Å². The summed E-state index contributed by atoms with van der Waals surface area (Å²) >= 11 is 6.22. The van der Waals surface area contributed by atoms with Crippen LogP contribution in [0.3, 0.4) is 0 Å². The molecule has 1 aliphatic heterocycles. The van der Waals surface area contributed by atoms with Crippen molar-refractivity contribution in [2.75, 3.05) is 6.61 Å². The van der Waals surface area contributed by atoms with Gasteiger partial charge >= 0.3 is 0 Å². The van der Waals surface area contributed by atoms with Crippen LogP contribution < -0.4 is 4.74 Å². The summed E-state index contributed by atoms with van der Waals surface area (Å²) in [6.07, 6.45) is 0. The zero-order chi connectivity index (χ0) is 8.55. The van der Waals surface area contributed by atoms with Crippen molar-refractivity contribution in [3.8, 4) is 5.75 Å². The number of halogens is 1. The van der Waals surface area contributed by atoms with Gasteiger partial charge in [0.05, 0.1) is 12.0 Å². The number of alkyl halides is 1. The fourth-order valence-electron chi connectivity index (χ4n) is 1.45. The number of para-hydroxylation sites is 1. The maximum absolute atomic E-state index is 6.22. The Bertz CT molecular complexity index is 285. The maximum atomic E-state index is 6.22. The van der Waals surface area contributed by atoms with Gasteiger partial charge in [0.15, 0.2) is 0 Å². The minimum Gasteiger partial charge on any atom is -0.493 e. The topological polar surface area (TPSA) is 9.23 Å². The highest BCUT2D eigenvalue weighted by atomic mass is 35.5. The van der Waals surface area contributed by atoms with Gasteiger partial charge in [-0.05, 0) is 6.07 Å². The normalized spacial score (nSPS) is 27.5. The van der Waals surface area contributed by atoms with E-state index in [2.05, 4.69) is 6.92 Å². The lowest BCUT2D eigenvalue weighted by Crippen LogP contribution is -2.20. The molecule has 0 fully saturated rings. The van der Waals surface area contributed by atoms with Crippen molar-refractivity contribution in [1.82, 2.24) is 0 Å². The van der Waals surface area contributed by atoms with Gasteiger partial charge in [-0.15, -0.1) is 11.6 Å². The van der Waals surface area contributed by atoms with Crippen molar-refractivity contribution in [1.29, 1.82) is 0 Å². The van der Waals surface area contributed by atoms with Crippen LogP contribution in [0.2, 0.25) is 0 Å². The summed E-state index contributed by atoms with van der Waals surface area (Å²) in [6.45, 7) is 2.83. The van der Waals surface area contributed by atoms with Crippen LogP contribution in [0.1, 0.15) is 17.9 Å². The summed E-state index contributed by atoms with van der Waals surface area (Å²) < 4.78 is 5.52. The Morgan fingerprint density at radius 3 is 3.00 bits per heavy atom. The van der Waals surface area contributed by atoms with Gasteiger partial charge < -0.3 is 4.74 Å². The largest absolute Gasteiger partial charge is 0.493 e. The van der Waals surface area contributed by atoms with Crippen LogP contribution in [0.25, 0.3) is 0 Å². The van der Waals surface area contributed by atoms with E-state index in [0.717, 1.165) is 17.9 Å². The summed E-state index contributed by atoms with van der Waals surface area (Å²) in [5, 5.41) is 0.106. The van der Waals surface area contributed by atoms with E-state index in [0.29, 0.717) is 5.92 Å². The lowest BCUT2D eigenvalue weighted by molar-refractivity contribution is 0.229. The molecule has 1 aromatic carbocycles. The smallest absolute Gasteiger partial charge is 0.124 e. The molecule has 1 heterocycles. The second-order valence-electron chi connectivity index (χ2n) is 3.23. The number of hydrogen-bond donors (Lipinski definition) is 0. The van der Waals surface area contributed by atoms with E-state index in [4.69, 9.17) is 16.3 Å². The molecule has 2 atom stereocenters. The van der Waals surface area contributed by atoms with E-state index >= 15 is 0 Å². The van der Waals surface area contributed by atoms with Gasteiger partial charge in [0.25, 0.3) is 0 Å². The first-order valence-corrected chi connectivity index (χ1v) is 4.58. The summed E-state index contributed by atoms with van der Waals surface area (Å²) in [7, 11) is 0. The van der Waals surface area contributed by atoms with Crippen molar-refractivity contribution in [3.05, 3.63) is 29.8 Å². The Morgan fingerprint density at radius 1 is 1.42 bits per heavy atom. The van der Waals surface area contributed by atoms with Crippen LogP contribution >= 0.6 is 11.6 Å². The van der Waals surface area contributed by atoms with Gasteiger partial charge in [0.2, 0.25) is 0 Å².